The molecule has 4 saturated carbocycles. The van der Waals surface area contributed by atoms with Gasteiger partial charge in [-0.2, -0.15) is 0 Å². The molecule has 0 radical (unpaired) electrons. The third kappa shape index (κ3) is 2.39. The molecular weight excluding hydrogens is 408 g/mol. The molecule has 3 nitrogen and oxygen atoms in total. The molecule has 6 rings (SSSR count). The number of allylic oxidation sites excluding steroid dienone is 2. The predicted molar refractivity (Wildman–Crippen MR) is 129 cm³/mol. The predicted octanol–water partition coefficient (Wildman–Crippen LogP) is 6.89. The third-order valence-corrected chi connectivity index (χ3v) is 13.4. The molecule has 182 valence electrons. The van der Waals surface area contributed by atoms with Crippen LogP contribution in [-0.4, -0.2) is 17.9 Å². The molecular formula is C30H44O3. The van der Waals surface area contributed by atoms with E-state index in [1.807, 2.05) is 0 Å². The van der Waals surface area contributed by atoms with Crippen LogP contribution in [0.4, 0.5) is 0 Å². The zero-order valence-corrected chi connectivity index (χ0v) is 22.0. The molecule has 0 aromatic heterocycles. The van der Waals surface area contributed by atoms with E-state index in [-0.39, 0.29) is 44.6 Å². The van der Waals surface area contributed by atoms with Crippen molar-refractivity contribution in [2.24, 2.45) is 50.2 Å². The van der Waals surface area contributed by atoms with Gasteiger partial charge in [-0.05, 0) is 85.9 Å². The Morgan fingerprint density at radius 1 is 0.848 bits per heavy atom. The second-order valence-corrected chi connectivity index (χ2v) is 14.9. The van der Waals surface area contributed by atoms with Gasteiger partial charge >= 0.3 is 5.97 Å². The maximum absolute atomic E-state index is 12.9. The van der Waals surface area contributed by atoms with Gasteiger partial charge in [-0.25, -0.2) is 0 Å². The maximum Gasteiger partial charge on any atom is 0.312 e. The van der Waals surface area contributed by atoms with Crippen LogP contribution in [0.2, 0.25) is 0 Å². The number of ether oxygens (including phenoxy) is 1. The molecule has 0 N–H and O–H groups in total. The van der Waals surface area contributed by atoms with E-state index in [1.165, 1.54) is 19.3 Å². The van der Waals surface area contributed by atoms with Gasteiger partial charge in [-0.3, -0.25) is 9.59 Å². The van der Waals surface area contributed by atoms with E-state index < -0.39 is 0 Å². The lowest BCUT2D eigenvalue weighted by atomic mass is 9.33. The summed E-state index contributed by atoms with van der Waals surface area (Å²) < 4.78 is 6.03. The van der Waals surface area contributed by atoms with Crippen LogP contribution in [0, 0.1) is 50.2 Å². The molecule has 9 atom stereocenters. The smallest absolute Gasteiger partial charge is 0.312 e. The first-order valence-corrected chi connectivity index (χ1v) is 13.7. The highest BCUT2D eigenvalue weighted by Gasteiger charge is 2.70. The monoisotopic (exact) mass is 452 g/mol. The number of ketones is 1. The van der Waals surface area contributed by atoms with Crippen molar-refractivity contribution >= 4 is 11.8 Å². The molecule has 0 aromatic carbocycles. The molecule has 3 heteroatoms. The van der Waals surface area contributed by atoms with Crippen molar-refractivity contribution in [3.05, 3.63) is 11.6 Å². The Balaban J connectivity index is 1.44. The standard InChI is InChI=1S/C30H44O3/c1-25(2)20-10-13-30(7)21(28(20,5)12-11-22(25)31)9-8-18-19-16-26(3)17-23(33-24(26)32)27(19,4)14-15-29(18,30)6/h8,19-21,23H,9-17H2,1-7H3/t19-,20+,21+,23-,26-,27+,28-,29-,30+/m0/s1. The largest absolute Gasteiger partial charge is 0.461 e. The van der Waals surface area contributed by atoms with Crippen LogP contribution in [0.5, 0.6) is 0 Å². The van der Waals surface area contributed by atoms with E-state index in [0.717, 1.165) is 38.5 Å². The van der Waals surface area contributed by atoms with Crippen molar-refractivity contribution in [2.75, 3.05) is 0 Å². The molecule has 0 aromatic rings. The minimum absolute atomic E-state index is 0.0486. The minimum atomic E-state index is -0.302. The molecule has 5 fully saturated rings. The number of rotatable bonds is 0. The van der Waals surface area contributed by atoms with E-state index in [9.17, 15) is 9.59 Å². The number of hydrogen-bond acceptors (Lipinski definition) is 3. The van der Waals surface area contributed by atoms with E-state index >= 15 is 0 Å². The molecule has 0 spiro atoms. The number of fused-ring (bicyclic) bond motifs is 10. The molecule has 5 aliphatic carbocycles. The fourth-order valence-corrected chi connectivity index (χ4v) is 10.9. The first-order chi connectivity index (χ1) is 15.2. The molecule has 0 unspecified atom stereocenters. The van der Waals surface area contributed by atoms with E-state index in [0.29, 0.717) is 23.5 Å². The summed E-state index contributed by atoms with van der Waals surface area (Å²) in [5.41, 5.74) is 1.91. The van der Waals surface area contributed by atoms with Crippen LogP contribution >= 0.6 is 0 Å². The first kappa shape index (κ1) is 22.4. The van der Waals surface area contributed by atoms with Crippen LogP contribution in [0.3, 0.4) is 0 Å². The number of hydrogen-bond donors (Lipinski definition) is 0. The van der Waals surface area contributed by atoms with Crippen molar-refractivity contribution in [1.82, 2.24) is 0 Å². The highest BCUT2D eigenvalue weighted by molar-refractivity contribution is 5.85. The molecule has 1 heterocycles. The van der Waals surface area contributed by atoms with E-state index in [1.54, 1.807) is 5.57 Å². The topological polar surface area (TPSA) is 43.4 Å². The lowest BCUT2D eigenvalue weighted by Gasteiger charge is -2.70. The van der Waals surface area contributed by atoms with Gasteiger partial charge < -0.3 is 4.74 Å². The number of esters is 1. The van der Waals surface area contributed by atoms with Crippen molar-refractivity contribution in [3.8, 4) is 0 Å². The second kappa shape index (κ2) is 6.16. The molecule has 33 heavy (non-hydrogen) atoms. The Labute approximate surface area is 200 Å². The van der Waals surface area contributed by atoms with E-state index in [2.05, 4.69) is 54.5 Å². The van der Waals surface area contributed by atoms with Crippen molar-refractivity contribution in [1.29, 1.82) is 0 Å². The van der Waals surface area contributed by atoms with Gasteiger partial charge in [0, 0.05) is 23.7 Å². The highest BCUT2D eigenvalue weighted by atomic mass is 16.6. The fraction of sp³-hybridized carbons (Fsp3) is 0.867. The van der Waals surface area contributed by atoms with E-state index in [4.69, 9.17) is 4.74 Å². The summed E-state index contributed by atoms with van der Waals surface area (Å²) in [4.78, 5) is 25.7. The second-order valence-electron chi connectivity index (χ2n) is 14.9. The average Bonchev–Trinajstić information content (AvgIpc) is 3.00. The van der Waals surface area contributed by atoms with Gasteiger partial charge in [0.25, 0.3) is 0 Å². The molecule has 2 bridgehead atoms. The maximum atomic E-state index is 12.9. The van der Waals surface area contributed by atoms with Crippen molar-refractivity contribution in [2.45, 2.75) is 112 Å². The first-order valence-electron chi connectivity index (χ1n) is 13.7. The highest BCUT2D eigenvalue weighted by Crippen LogP contribution is 2.76. The van der Waals surface area contributed by atoms with Gasteiger partial charge in [-0.15, -0.1) is 0 Å². The van der Waals surface area contributed by atoms with Gasteiger partial charge in [0.2, 0.25) is 0 Å². The zero-order chi connectivity index (χ0) is 23.8. The third-order valence-electron chi connectivity index (χ3n) is 13.4. The lowest BCUT2D eigenvalue weighted by Crippen LogP contribution is -2.64. The Hall–Kier alpha value is -1.12. The van der Waals surface area contributed by atoms with Gasteiger partial charge in [0.15, 0.2) is 0 Å². The summed E-state index contributed by atoms with van der Waals surface area (Å²) in [5, 5.41) is 0. The summed E-state index contributed by atoms with van der Waals surface area (Å²) in [6, 6.07) is 0. The quantitative estimate of drug-likeness (QED) is 0.297. The molecule has 1 aliphatic heterocycles. The van der Waals surface area contributed by atoms with Gasteiger partial charge in [0.05, 0.1) is 5.41 Å². The summed E-state index contributed by atoms with van der Waals surface area (Å²) >= 11 is 0. The Kier molecular flexibility index (Phi) is 4.17. The molecule has 0 amide bonds. The van der Waals surface area contributed by atoms with Crippen molar-refractivity contribution in [3.63, 3.8) is 0 Å². The van der Waals surface area contributed by atoms with Crippen molar-refractivity contribution < 1.29 is 14.3 Å². The van der Waals surface area contributed by atoms with Crippen LogP contribution in [-0.2, 0) is 14.3 Å². The molecule has 1 saturated heterocycles. The Morgan fingerprint density at radius 2 is 1.58 bits per heavy atom. The summed E-state index contributed by atoms with van der Waals surface area (Å²) in [6.45, 7) is 16.8. The molecule has 6 aliphatic rings. The van der Waals surface area contributed by atoms with Crippen LogP contribution in [0.15, 0.2) is 11.6 Å². The summed E-state index contributed by atoms with van der Waals surface area (Å²) in [5.74, 6) is 2.11. The summed E-state index contributed by atoms with van der Waals surface area (Å²) in [7, 11) is 0. The summed E-state index contributed by atoms with van der Waals surface area (Å²) in [6.07, 6.45) is 12.3. The number of Topliss-reactive ketones (excluding diaryl/α,β-unsaturated/α-hetero) is 1. The Morgan fingerprint density at radius 3 is 2.30 bits per heavy atom. The minimum Gasteiger partial charge on any atom is -0.461 e. The average molecular weight is 453 g/mol. The van der Waals surface area contributed by atoms with Gasteiger partial charge in [-0.1, -0.05) is 53.2 Å². The zero-order valence-electron chi connectivity index (χ0n) is 22.0. The van der Waals surface area contributed by atoms with Crippen LogP contribution in [0.1, 0.15) is 106 Å². The fourth-order valence-electron chi connectivity index (χ4n) is 10.9. The van der Waals surface area contributed by atoms with Gasteiger partial charge in [0.1, 0.15) is 11.9 Å². The van der Waals surface area contributed by atoms with Crippen LogP contribution in [0.25, 0.3) is 0 Å². The number of carbonyl (C=O) groups excluding carboxylic acids is 2. The van der Waals surface area contributed by atoms with Crippen LogP contribution < -0.4 is 0 Å². The lowest BCUT2D eigenvalue weighted by molar-refractivity contribution is -0.186. The Bertz CT molecular complexity index is 977. The SMILES string of the molecule is CC1(C)C(=O)CC[C@@]2(C)[C@@H]1CC[C@]1(C)[C@@H]2CC=C2[C@@H]3C[C@@]4(C)C[C@H](OC4=O)[C@]3(C)CC[C@@]21C. The number of carbonyl (C=O) groups is 2. The normalized spacial score (nSPS) is 56.6.